The van der Waals surface area contributed by atoms with Crippen molar-refractivity contribution in [1.29, 1.82) is 0 Å². The Hall–Kier alpha value is -2.69. The Morgan fingerprint density at radius 2 is 1.64 bits per heavy atom. The molecule has 1 aliphatic rings. The van der Waals surface area contributed by atoms with Crippen LogP contribution in [0.4, 0.5) is 4.39 Å². The molecule has 1 aliphatic heterocycles. The lowest BCUT2D eigenvalue weighted by atomic mass is 9.90. The highest BCUT2D eigenvalue weighted by molar-refractivity contribution is 5.83. The maximum atomic E-state index is 13.1. The first kappa shape index (κ1) is 20.1. The predicted octanol–water partition coefficient (Wildman–Crippen LogP) is 3.66. The summed E-state index contributed by atoms with van der Waals surface area (Å²) in [6.45, 7) is 3.31. The number of rotatable bonds is 6. The Morgan fingerprint density at radius 1 is 1.00 bits per heavy atom. The van der Waals surface area contributed by atoms with Crippen LogP contribution in [0.2, 0.25) is 0 Å². The van der Waals surface area contributed by atoms with Gasteiger partial charge in [0.2, 0.25) is 11.8 Å². The molecule has 2 amide bonds. The molecule has 0 N–H and O–H groups in total. The minimum absolute atomic E-state index is 0.0181. The van der Waals surface area contributed by atoms with Gasteiger partial charge in [0.25, 0.3) is 0 Å². The van der Waals surface area contributed by atoms with E-state index < -0.39 is 0 Å². The molecule has 0 saturated carbocycles. The number of hydrogen-bond donors (Lipinski definition) is 0. The third-order valence-corrected chi connectivity index (χ3v) is 5.39. The zero-order chi connectivity index (χ0) is 19.9. The molecule has 0 bridgehead atoms. The molecule has 4 nitrogen and oxygen atoms in total. The second-order valence-electron chi connectivity index (χ2n) is 7.52. The van der Waals surface area contributed by atoms with Gasteiger partial charge in [-0.15, -0.1) is 0 Å². The van der Waals surface area contributed by atoms with Gasteiger partial charge in [-0.2, -0.15) is 0 Å². The largest absolute Gasteiger partial charge is 0.341 e. The fourth-order valence-electron chi connectivity index (χ4n) is 3.69. The topological polar surface area (TPSA) is 40.6 Å². The summed E-state index contributed by atoms with van der Waals surface area (Å²) in [5.41, 5.74) is 2.15. The first-order valence-electron chi connectivity index (χ1n) is 9.83. The standard InChI is InChI=1S/C23H27FN2O2/c1-18(27)26(16-21-7-9-22(24)10-8-21)17-23(28)25-13-11-20(12-14-25)15-19-5-3-2-4-6-19/h2-10,20H,11-17H2,1H3. The van der Waals surface area contributed by atoms with Crippen molar-refractivity contribution in [2.24, 2.45) is 5.92 Å². The molecular formula is C23H27FN2O2. The number of piperidine rings is 1. The summed E-state index contributed by atoms with van der Waals surface area (Å²) in [5.74, 6) is 0.106. The number of nitrogens with zero attached hydrogens (tertiary/aromatic N) is 2. The van der Waals surface area contributed by atoms with Crippen LogP contribution < -0.4 is 0 Å². The van der Waals surface area contributed by atoms with E-state index in [1.54, 1.807) is 12.1 Å². The summed E-state index contributed by atoms with van der Waals surface area (Å²) in [7, 11) is 0. The minimum Gasteiger partial charge on any atom is -0.341 e. The Labute approximate surface area is 166 Å². The Balaban J connectivity index is 1.50. The molecule has 0 unspecified atom stereocenters. The highest BCUT2D eigenvalue weighted by Gasteiger charge is 2.25. The van der Waals surface area contributed by atoms with Crippen molar-refractivity contribution in [3.8, 4) is 0 Å². The molecular weight excluding hydrogens is 355 g/mol. The molecule has 0 radical (unpaired) electrons. The SMILES string of the molecule is CC(=O)N(CC(=O)N1CCC(Cc2ccccc2)CC1)Cc1ccc(F)cc1. The van der Waals surface area contributed by atoms with E-state index in [-0.39, 0.29) is 24.2 Å². The number of amides is 2. The molecule has 5 heteroatoms. The van der Waals surface area contributed by atoms with Crippen LogP contribution in [-0.2, 0) is 22.6 Å². The zero-order valence-corrected chi connectivity index (χ0v) is 16.3. The second kappa shape index (κ2) is 9.49. The molecule has 0 aromatic heterocycles. The minimum atomic E-state index is -0.312. The smallest absolute Gasteiger partial charge is 0.242 e. The van der Waals surface area contributed by atoms with Crippen LogP contribution >= 0.6 is 0 Å². The fourth-order valence-corrected chi connectivity index (χ4v) is 3.69. The lowest BCUT2D eigenvalue weighted by Crippen LogP contribution is -2.45. The summed E-state index contributed by atoms with van der Waals surface area (Å²) in [4.78, 5) is 28.0. The molecule has 2 aromatic carbocycles. The van der Waals surface area contributed by atoms with E-state index in [0.29, 0.717) is 12.5 Å². The highest BCUT2D eigenvalue weighted by Crippen LogP contribution is 2.22. The number of halogens is 1. The number of likely N-dealkylation sites (tertiary alicyclic amines) is 1. The maximum absolute atomic E-state index is 13.1. The maximum Gasteiger partial charge on any atom is 0.242 e. The van der Waals surface area contributed by atoms with Crippen LogP contribution in [-0.4, -0.2) is 41.2 Å². The van der Waals surface area contributed by atoms with Gasteiger partial charge >= 0.3 is 0 Å². The number of carbonyl (C=O) groups excluding carboxylic acids is 2. The molecule has 0 aliphatic carbocycles. The molecule has 2 aromatic rings. The van der Waals surface area contributed by atoms with Crippen LogP contribution in [0.25, 0.3) is 0 Å². The average Bonchev–Trinajstić information content (AvgIpc) is 2.70. The Bertz CT molecular complexity index is 784. The molecule has 0 atom stereocenters. The quantitative estimate of drug-likeness (QED) is 0.765. The molecule has 0 spiro atoms. The van der Waals surface area contributed by atoms with Gasteiger partial charge in [0.05, 0.1) is 0 Å². The van der Waals surface area contributed by atoms with Gasteiger partial charge in [-0.25, -0.2) is 4.39 Å². The summed E-state index contributed by atoms with van der Waals surface area (Å²) >= 11 is 0. The Kier molecular flexibility index (Phi) is 6.80. The van der Waals surface area contributed by atoms with Crippen molar-refractivity contribution in [2.45, 2.75) is 32.7 Å². The third kappa shape index (κ3) is 5.65. The van der Waals surface area contributed by atoms with Gasteiger partial charge in [-0.05, 0) is 48.4 Å². The van der Waals surface area contributed by atoms with E-state index >= 15 is 0 Å². The molecule has 1 fully saturated rings. The van der Waals surface area contributed by atoms with Crippen molar-refractivity contribution in [2.75, 3.05) is 19.6 Å². The van der Waals surface area contributed by atoms with Gasteiger partial charge in [-0.3, -0.25) is 9.59 Å². The Morgan fingerprint density at radius 3 is 2.25 bits per heavy atom. The van der Waals surface area contributed by atoms with E-state index in [0.717, 1.165) is 37.9 Å². The van der Waals surface area contributed by atoms with E-state index in [2.05, 4.69) is 24.3 Å². The summed E-state index contributed by atoms with van der Waals surface area (Å²) < 4.78 is 13.1. The monoisotopic (exact) mass is 382 g/mol. The normalized spacial score (nSPS) is 14.7. The van der Waals surface area contributed by atoms with Crippen molar-refractivity contribution < 1.29 is 14.0 Å². The van der Waals surface area contributed by atoms with Gasteiger partial charge in [0, 0.05) is 26.6 Å². The highest BCUT2D eigenvalue weighted by atomic mass is 19.1. The lowest BCUT2D eigenvalue weighted by molar-refractivity contribution is -0.140. The van der Waals surface area contributed by atoms with Crippen LogP contribution in [0.15, 0.2) is 54.6 Å². The van der Waals surface area contributed by atoms with E-state index in [1.807, 2.05) is 11.0 Å². The molecule has 148 valence electrons. The van der Waals surface area contributed by atoms with Crippen molar-refractivity contribution >= 4 is 11.8 Å². The fraction of sp³-hybridized carbons (Fsp3) is 0.391. The van der Waals surface area contributed by atoms with Gasteiger partial charge in [0.15, 0.2) is 0 Å². The van der Waals surface area contributed by atoms with Crippen molar-refractivity contribution in [3.63, 3.8) is 0 Å². The number of benzene rings is 2. The lowest BCUT2D eigenvalue weighted by Gasteiger charge is -2.33. The van der Waals surface area contributed by atoms with Gasteiger partial charge < -0.3 is 9.80 Å². The van der Waals surface area contributed by atoms with E-state index in [1.165, 1.54) is 29.5 Å². The first-order chi connectivity index (χ1) is 13.5. The third-order valence-electron chi connectivity index (χ3n) is 5.39. The molecule has 1 saturated heterocycles. The molecule has 3 rings (SSSR count). The van der Waals surface area contributed by atoms with Gasteiger partial charge in [0.1, 0.15) is 12.4 Å². The average molecular weight is 382 g/mol. The second-order valence-corrected chi connectivity index (χ2v) is 7.52. The first-order valence-corrected chi connectivity index (χ1v) is 9.83. The van der Waals surface area contributed by atoms with Crippen LogP contribution in [0.5, 0.6) is 0 Å². The number of hydrogen-bond acceptors (Lipinski definition) is 2. The zero-order valence-electron chi connectivity index (χ0n) is 16.3. The van der Waals surface area contributed by atoms with Crippen molar-refractivity contribution in [1.82, 2.24) is 9.80 Å². The van der Waals surface area contributed by atoms with Gasteiger partial charge in [-0.1, -0.05) is 42.5 Å². The molecule has 28 heavy (non-hydrogen) atoms. The van der Waals surface area contributed by atoms with Crippen molar-refractivity contribution in [3.05, 3.63) is 71.5 Å². The number of carbonyl (C=O) groups is 2. The van der Waals surface area contributed by atoms with E-state index in [9.17, 15) is 14.0 Å². The summed E-state index contributed by atoms with van der Waals surface area (Å²) in [6.07, 6.45) is 3.02. The van der Waals surface area contributed by atoms with Crippen LogP contribution in [0.3, 0.4) is 0 Å². The van der Waals surface area contributed by atoms with Crippen LogP contribution in [0, 0.1) is 11.7 Å². The van der Waals surface area contributed by atoms with Crippen LogP contribution in [0.1, 0.15) is 30.9 Å². The summed E-state index contributed by atoms with van der Waals surface area (Å²) in [6, 6.07) is 16.5. The van der Waals surface area contributed by atoms with E-state index in [4.69, 9.17) is 0 Å². The predicted molar refractivity (Wildman–Crippen MR) is 107 cm³/mol. The molecule has 1 heterocycles. The summed E-state index contributed by atoms with van der Waals surface area (Å²) in [5, 5.41) is 0.